The Bertz CT molecular complexity index is 398. The maximum Gasteiger partial charge on any atom is 0.314 e. The van der Waals surface area contributed by atoms with E-state index in [1.54, 1.807) is 26.3 Å². The van der Waals surface area contributed by atoms with Crippen LogP contribution in [0, 0.1) is 5.41 Å². The van der Waals surface area contributed by atoms with Crippen LogP contribution in [0.15, 0.2) is 5.51 Å². The summed E-state index contributed by atoms with van der Waals surface area (Å²) in [5.74, 6) is -0.827. The van der Waals surface area contributed by atoms with Gasteiger partial charge in [0, 0.05) is 6.42 Å². The summed E-state index contributed by atoms with van der Waals surface area (Å²) in [6.45, 7) is 4.84. The quantitative estimate of drug-likeness (QED) is 0.598. The molecule has 1 heterocycles. The number of hydrogen-bond acceptors (Lipinski definition) is 7. The third kappa shape index (κ3) is 5.22. The van der Waals surface area contributed by atoms with E-state index in [0.717, 1.165) is 5.01 Å². The predicted molar refractivity (Wildman–Crippen MR) is 64.7 cm³/mol. The topological polar surface area (TPSA) is 78.4 Å². The number of rotatable bonds is 5. The molecule has 0 radical (unpaired) electrons. The van der Waals surface area contributed by atoms with Crippen molar-refractivity contribution in [3.63, 3.8) is 0 Å². The molecule has 0 aliphatic heterocycles. The molecule has 0 amide bonds. The molecule has 0 fully saturated rings. The van der Waals surface area contributed by atoms with Gasteiger partial charge in [0.15, 0.2) is 0 Å². The first-order valence-electron chi connectivity index (χ1n) is 5.47. The number of ether oxygens (including phenoxy) is 2. The third-order valence-corrected chi connectivity index (χ3v) is 2.73. The van der Waals surface area contributed by atoms with Gasteiger partial charge in [0.2, 0.25) is 6.79 Å². The number of aryl methyl sites for hydroxylation is 1. The lowest BCUT2D eigenvalue weighted by Gasteiger charge is -2.16. The van der Waals surface area contributed by atoms with E-state index in [1.807, 2.05) is 0 Å². The second-order valence-electron chi connectivity index (χ2n) is 4.65. The van der Waals surface area contributed by atoms with E-state index < -0.39 is 17.4 Å². The molecule has 0 aromatic carbocycles. The first-order chi connectivity index (χ1) is 8.39. The van der Waals surface area contributed by atoms with Gasteiger partial charge in [-0.25, -0.2) is 0 Å². The van der Waals surface area contributed by atoms with Crippen LogP contribution >= 0.6 is 11.3 Å². The number of aromatic nitrogens is 2. The fourth-order valence-corrected chi connectivity index (χ4v) is 1.48. The van der Waals surface area contributed by atoms with Crippen LogP contribution in [0.1, 0.15) is 32.2 Å². The molecule has 1 aromatic heterocycles. The zero-order chi connectivity index (χ0) is 13.6. The minimum atomic E-state index is -0.598. The fraction of sp³-hybridized carbons (Fsp3) is 0.636. The average molecular weight is 272 g/mol. The van der Waals surface area contributed by atoms with Crippen molar-refractivity contribution in [2.75, 3.05) is 6.79 Å². The van der Waals surface area contributed by atoms with E-state index in [4.69, 9.17) is 9.47 Å². The van der Waals surface area contributed by atoms with Crippen molar-refractivity contribution < 1.29 is 19.1 Å². The first kappa shape index (κ1) is 14.6. The van der Waals surface area contributed by atoms with Crippen LogP contribution in [0.2, 0.25) is 0 Å². The molecule has 0 bridgehead atoms. The number of nitrogens with zero attached hydrogens (tertiary/aromatic N) is 2. The fourth-order valence-electron chi connectivity index (χ4n) is 0.951. The van der Waals surface area contributed by atoms with E-state index >= 15 is 0 Å². The van der Waals surface area contributed by atoms with E-state index in [9.17, 15) is 9.59 Å². The summed E-state index contributed by atoms with van der Waals surface area (Å²) in [6, 6.07) is 0. The molecule has 18 heavy (non-hydrogen) atoms. The maximum atomic E-state index is 11.4. The molecule has 6 nitrogen and oxygen atoms in total. The molecular formula is C11H16N2O4S. The molecule has 0 unspecified atom stereocenters. The van der Waals surface area contributed by atoms with Gasteiger partial charge in [0.05, 0.1) is 11.8 Å². The highest BCUT2D eigenvalue weighted by Crippen LogP contribution is 2.15. The van der Waals surface area contributed by atoms with Crippen LogP contribution in [0.4, 0.5) is 0 Å². The summed E-state index contributed by atoms with van der Waals surface area (Å²) in [6.07, 6.45) is 0.680. The standard InChI is InChI=1S/C11H16N2O4S/c1-11(2,3)10(15)17-7-16-9(14)5-4-8-13-12-6-18-8/h6H,4-5,7H2,1-3H3. The summed E-state index contributed by atoms with van der Waals surface area (Å²) >= 11 is 1.38. The normalized spacial score (nSPS) is 11.1. The van der Waals surface area contributed by atoms with E-state index in [2.05, 4.69) is 10.2 Å². The summed E-state index contributed by atoms with van der Waals surface area (Å²) in [5, 5.41) is 8.24. The number of hydrogen-bond donors (Lipinski definition) is 0. The number of carbonyl (C=O) groups excluding carboxylic acids is 2. The highest BCUT2D eigenvalue weighted by molar-refractivity contribution is 7.09. The Morgan fingerprint density at radius 1 is 1.33 bits per heavy atom. The summed E-state index contributed by atoms with van der Waals surface area (Å²) in [5.41, 5.74) is 1.00. The Hall–Kier alpha value is -1.50. The summed E-state index contributed by atoms with van der Waals surface area (Å²) in [4.78, 5) is 22.7. The highest BCUT2D eigenvalue weighted by atomic mass is 32.1. The Morgan fingerprint density at radius 3 is 2.61 bits per heavy atom. The van der Waals surface area contributed by atoms with Crippen LogP contribution in [-0.4, -0.2) is 28.9 Å². The molecule has 0 aliphatic carbocycles. The Kier molecular flexibility index (Phi) is 5.21. The molecule has 0 aliphatic rings. The van der Waals surface area contributed by atoms with Gasteiger partial charge >= 0.3 is 11.9 Å². The van der Waals surface area contributed by atoms with Crippen molar-refractivity contribution in [1.82, 2.24) is 10.2 Å². The van der Waals surface area contributed by atoms with Crippen LogP contribution in [0.3, 0.4) is 0 Å². The molecule has 0 atom stereocenters. The smallest absolute Gasteiger partial charge is 0.314 e. The van der Waals surface area contributed by atoms with Crippen LogP contribution in [0.25, 0.3) is 0 Å². The number of carbonyl (C=O) groups is 2. The Morgan fingerprint density at radius 2 is 2.06 bits per heavy atom. The largest absolute Gasteiger partial charge is 0.428 e. The summed E-state index contributed by atoms with van der Waals surface area (Å²) in [7, 11) is 0. The van der Waals surface area contributed by atoms with Gasteiger partial charge < -0.3 is 9.47 Å². The second kappa shape index (κ2) is 6.44. The Balaban J connectivity index is 2.16. The number of esters is 2. The van der Waals surface area contributed by atoms with Gasteiger partial charge in [0.1, 0.15) is 10.5 Å². The first-order valence-corrected chi connectivity index (χ1v) is 6.35. The lowest BCUT2D eigenvalue weighted by molar-refractivity contribution is -0.173. The predicted octanol–water partition coefficient (Wildman–Crippen LogP) is 1.56. The molecule has 1 rings (SSSR count). The van der Waals surface area contributed by atoms with E-state index in [1.165, 1.54) is 11.3 Å². The second-order valence-corrected chi connectivity index (χ2v) is 5.57. The van der Waals surface area contributed by atoms with Gasteiger partial charge in [-0.1, -0.05) is 0 Å². The monoisotopic (exact) mass is 272 g/mol. The van der Waals surface area contributed by atoms with Gasteiger partial charge in [-0.15, -0.1) is 21.5 Å². The lowest BCUT2D eigenvalue weighted by Crippen LogP contribution is -2.24. The molecular weight excluding hydrogens is 256 g/mol. The zero-order valence-electron chi connectivity index (χ0n) is 10.6. The minimum Gasteiger partial charge on any atom is -0.428 e. The molecule has 1 aromatic rings. The lowest BCUT2D eigenvalue weighted by atomic mass is 9.98. The third-order valence-electron chi connectivity index (χ3n) is 1.97. The van der Waals surface area contributed by atoms with Crippen LogP contribution in [-0.2, 0) is 25.5 Å². The van der Waals surface area contributed by atoms with Crippen LogP contribution < -0.4 is 0 Å². The molecule has 100 valence electrons. The Labute approximate surface area is 109 Å². The van der Waals surface area contributed by atoms with Gasteiger partial charge in [-0.3, -0.25) is 9.59 Å². The highest BCUT2D eigenvalue weighted by Gasteiger charge is 2.23. The molecule has 0 saturated heterocycles. The van der Waals surface area contributed by atoms with Crippen molar-refractivity contribution in [1.29, 1.82) is 0 Å². The minimum absolute atomic E-state index is 0.197. The van der Waals surface area contributed by atoms with Crippen LogP contribution in [0.5, 0.6) is 0 Å². The van der Waals surface area contributed by atoms with Gasteiger partial charge in [-0.05, 0) is 20.8 Å². The summed E-state index contributed by atoms with van der Waals surface area (Å²) < 4.78 is 9.59. The van der Waals surface area contributed by atoms with E-state index in [0.29, 0.717) is 6.42 Å². The van der Waals surface area contributed by atoms with Crippen molar-refractivity contribution in [3.05, 3.63) is 10.5 Å². The molecule has 0 saturated carbocycles. The molecule has 7 heteroatoms. The maximum absolute atomic E-state index is 11.4. The van der Waals surface area contributed by atoms with Crippen molar-refractivity contribution in [3.8, 4) is 0 Å². The van der Waals surface area contributed by atoms with Crippen molar-refractivity contribution >= 4 is 23.3 Å². The zero-order valence-corrected chi connectivity index (χ0v) is 11.5. The van der Waals surface area contributed by atoms with E-state index in [-0.39, 0.29) is 13.2 Å². The molecule has 0 spiro atoms. The van der Waals surface area contributed by atoms with Gasteiger partial charge in [-0.2, -0.15) is 0 Å². The molecule has 0 N–H and O–H groups in total. The average Bonchev–Trinajstić information content (AvgIpc) is 2.77. The van der Waals surface area contributed by atoms with Crippen molar-refractivity contribution in [2.45, 2.75) is 33.6 Å². The SMILES string of the molecule is CC(C)(C)C(=O)OCOC(=O)CCc1nncs1. The van der Waals surface area contributed by atoms with Crippen molar-refractivity contribution in [2.24, 2.45) is 5.41 Å². The van der Waals surface area contributed by atoms with Gasteiger partial charge in [0.25, 0.3) is 0 Å².